The number of aromatic nitrogens is 3. The lowest BCUT2D eigenvalue weighted by molar-refractivity contribution is -0.672. The van der Waals surface area contributed by atoms with Crippen LogP contribution in [0.1, 0.15) is 17.0 Å². The number of benzene rings is 2. The average molecular weight is 413 g/mol. The monoisotopic (exact) mass is 412 g/mol. The summed E-state index contributed by atoms with van der Waals surface area (Å²) in [5.41, 5.74) is 1.36. The van der Waals surface area contributed by atoms with E-state index in [1.165, 1.54) is 24.3 Å². The first-order valence-corrected chi connectivity index (χ1v) is 8.70. The minimum Gasteiger partial charge on any atom is -0.240 e. The molecule has 1 aromatic heterocycles. The molecular weight excluding hydrogens is 398 g/mol. The molecule has 0 N–H and O–H groups in total. The fourth-order valence-corrected chi connectivity index (χ4v) is 3.02. The Bertz CT molecular complexity index is 963. The molecule has 1 heterocycles. The zero-order chi connectivity index (χ0) is 19.6. The summed E-state index contributed by atoms with van der Waals surface area (Å²) in [7, 11) is 1.85. The molecule has 140 valence electrons. The van der Waals surface area contributed by atoms with Gasteiger partial charge >= 0.3 is 6.18 Å². The van der Waals surface area contributed by atoms with Crippen LogP contribution in [0.2, 0.25) is 10.0 Å². The second-order valence-corrected chi connectivity index (χ2v) is 6.75. The van der Waals surface area contributed by atoms with Gasteiger partial charge in [0.15, 0.2) is 0 Å². The maximum atomic E-state index is 13.5. The Labute approximate surface area is 164 Å². The van der Waals surface area contributed by atoms with Crippen molar-refractivity contribution >= 4 is 29.3 Å². The molecule has 27 heavy (non-hydrogen) atoms. The molecular formula is C19H15Cl2F3N3+. The largest absolute Gasteiger partial charge is 0.399 e. The highest BCUT2D eigenvalue weighted by Crippen LogP contribution is 2.41. The van der Waals surface area contributed by atoms with Gasteiger partial charge in [-0.05, 0) is 29.3 Å². The van der Waals surface area contributed by atoms with Crippen molar-refractivity contribution in [1.29, 1.82) is 0 Å². The van der Waals surface area contributed by atoms with Crippen molar-refractivity contribution in [3.05, 3.63) is 82.4 Å². The predicted octanol–water partition coefficient (Wildman–Crippen LogP) is 5.36. The number of alkyl halides is 3. The molecule has 3 rings (SSSR count). The maximum absolute atomic E-state index is 13.5. The molecule has 2 aromatic carbocycles. The normalized spacial score (nSPS) is 13.3. The third kappa shape index (κ3) is 4.51. The van der Waals surface area contributed by atoms with Crippen LogP contribution in [0.4, 0.5) is 13.2 Å². The Balaban J connectivity index is 1.88. The molecule has 0 bridgehead atoms. The second kappa shape index (κ2) is 7.74. The van der Waals surface area contributed by atoms with Crippen molar-refractivity contribution in [3.8, 4) is 5.69 Å². The number of aryl methyl sites for hydroxylation is 1. The number of halogens is 5. The lowest BCUT2D eigenvalue weighted by Gasteiger charge is -2.19. The standard InChI is InChI=1S/C19H15Cl2F3N3/c1-26-11-25-27(12-26)14-8-5-13(6-9-14)7-10-16(19(22,23)24)15-3-2-4-17(20)18(15)21/h2-12,16H,1H3/q+1. The Kier molecular flexibility index (Phi) is 5.58. The molecule has 0 spiro atoms. The van der Waals surface area contributed by atoms with Gasteiger partial charge in [0, 0.05) is 5.10 Å². The van der Waals surface area contributed by atoms with Crippen LogP contribution in [-0.2, 0) is 7.05 Å². The summed E-state index contributed by atoms with van der Waals surface area (Å²) in [5.74, 6) is -1.85. The summed E-state index contributed by atoms with van der Waals surface area (Å²) in [4.78, 5) is 0. The van der Waals surface area contributed by atoms with Crippen LogP contribution in [0.5, 0.6) is 0 Å². The minimum atomic E-state index is -4.49. The van der Waals surface area contributed by atoms with E-state index in [0.717, 1.165) is 11.8 Å². The van der Waals surface area contributed by atoms with Gasteiger partial charge < -0.3 is 0 Å². The summed E-state index contributed by atoms with van der Waals surface area (Å²) in [6.07, 6.45) is 1.44. The Hall–Kier alpha value is -2.31. The summed E-state index contributed by atoms with van der Waals surface area (Å²) in [6, 6.07) is 11.2. The van der Waals surface area contributed by atoms with Crippen LogP contribution in [0.3, 0.4) is 0 Å². The van der Waals surface area contributed by atoms with Crippen molar-refractivity contribution in [2.45, 2.75) is 12.1 Å². The number of rotatable bonds is 4. The van der Waals surface area contributed by atoms with Gasteiger partial charge in [-0.25, -0.2) is 4.57 Å². The number of nitrogens with zero attached hydrogens (tertiary/aromatic N) is 3. The van der Waals surface area contributed by atoms with Gasteiger partial charge in [-0.15, -0.1) is 0 Å². The zero-order valence-corrected chi connectivity index (χ0v) is 15.7. The lowest BCUT2D eigenvalue weighted by Crippen LogP contribution is -2.23. The second-order valence-electron chi connectivity index (χ2n) is 5.97. The lowest BCUT2D eigenvalue weighted by atomic mass is 9.97. The van der Waals surface area contributed by atoms with Crippen molar-refractivity contribution in [2.24, 2.45) is 7.05 Å². The third-order valence-electron chi connectivity index (χ3n) is 3.96. The maximum Gasteiger partial charge on any atom is 0.399 e. The van der Waals surface area contributed by atoms with Crippen LogP contribution in [-0.4, -0.2) is 16.0 Å². The highest BCUT2D eigenvalue weighted by atomic mass is 35.5. The highest BCUT2D eigenvalue weighted by molar-refractivity contribution is 6.42. The number of allylic oxidation sites excluding steroid dienone is 1. The van der Waals surface area contributed by atoms with Gasteiger partial charge in [-0.1, -0.05) is 64.3 Å². The molecule has 0 aliphatic carbocycles. The van der Waals surface area contributed by atoms with Crippen LogP contribution in [0.15, 0.2) is 61.2 Å². The molecule has 8 heteroatoms. The molecule has 1 unspecified atom stereocenters. The minimum absolute atomic E-state index is 0.0754. The van der Waals surface area contributed by atoms with E-state index in [1.807, 2.05) is 7.05 Å². The molecule has 0 saturated carbocycles. The smallest absolute Gasteiger partial charge is 0.240 e. The van der Waals surface area contributed by atoms with Crippen molar-refractivity contribution in [1.82, 2.24) is 9.78 Å². The summed E-state index contributed by atoms with van der Waals surface area (Å²) in [5, 5.41) is 4.17. The van der Waals surface area contributed by atoms with E-state index in [9.17, 15) is 13.2 Å². The zero-order valence-electron chi connectivity index (χ0n) is 14.2. The molecule has 0 aliphatic heterocycles. The van der Waals surface area contributed by atoms with E-state index in [2.05, 4.69) is 5.10 Å². The molecule has 0 fully saturated rings. The topological polar surface area (TPSA) is 21.7 Å². The van der Waals surface area contributed by atoms with Gasteiger partial charge in [0.1, 0.15) is 5.69 Å². The average Bonchev–Trinajstić information content (AvgIpc) is 3.04. The molecule has 3 aromatic rings. The Morgan fingerprint density at radius 1 is 1.11 bits per heavy atom. The van der Waals surface area contributed by atoms with Gasteiger partial charge in [-0.2, -0.15) is 13.2 Å². The molecule has 1 atom stereocenters. The SMILES string of the molecule is C[n+]1cnn(-c2ccc(C=CC(c3cccc(Cl)c3Cl)C(F)(F)F)cc2)c1. The fraction of sp³-hybridized carbons (Fsp3) is 0.158. The summed E-state index contributed by atoms with van der Waals surface area (Å²) < 4.78 is 44.1. The van der Waals surface area contributed by atoms with Crippen molar-refractivity contribution < 1.29 is 17.7 Å². The molecule has 0 radical (unpaired) electrons. The summed E-state index contributed by atoms with van der Waals surface area (Å²) >= 11 is 11.9. The van der Waals surface area contributed by atoms with Crippen LogP contribution >= 0.6 is 23.2 Å². The van der Waals surface area contributed by atoms with Gasteiger partial charge in [-0.3, -0.25) is 0 Å². The first-order valence-electron chi connectivity index (χ1n) is 7.95. The number of hydrogen-bond acceptors (Lipinski definition) is 1. The van der Waals surface area contributed by atoms with Gasteiger partial charge in [0.05, 0.1) is 23.0 Å². The van der Waals surface area contributed by atoms with E-state index < -0.39 is 12.1 Å². The van der Waals surface area contributed by atoms with Gasteiger partial charge in [0.2, 0.25) is 6.33 Å². The molecule has 3 nitrogen and oxygen atoms in total. The van der Waals surface area contributed by atoms with E-state index in [1.54, 1.807) is 46.2 Å². The summed E-state index contributed by atoms with van der Waals surface area (Å²) in [6.45, 7) is 0. The van der Waals surface area contributed by atoms with Crippen LogP contribution in [0, 0.1) is 0 Å². The van der Waals surface area contributed by atoms with E-state index in [4.69, 9.17) is 23.2 Å². The number of hydrogen-bond donors (Lipinski definition) is 0. The Morgan fingerprint density at radius 2 is 1.81 bits per heavy atom. The third-order valence-corrected chi connectivity index (χ3v) is 4.79. The molecule has 0 aliphatic rings. The van der Waals surface area contributed by atoms with E-state index in [-0.39, 0.29) is 15.6 Å². The first-order chi connectivity index (χ1) is 12.8. The quantitative estimate of drug-likeness (QED) is 0.528. The molecule has 0 saturated heterocycles. The Morgan fingerprint density at radius 3 is 2.41 bits per heavy atom. The van der Waals surface area contributed by atoms with E-state index in [0.29, 0.717) is 5.56 Å². The highest BCUT2D eigenvalue weighted by Gasteiger charge is 2.40. The van der Waals surface area contributed by atoms with E-state index >= 15 is 0 Å². The fourth-order valence-electron chi connectivity index (χ4n) is 2.60. The van der Waals surface area contributed by atoms with Crippen molar-refractivity contribution in [2.75, 3.05) is 0 Å². The van der Waals surface area contributed by atoms with Crippen LogP contribution in [0.25, 0.3) is 11.8 Å². The van der Waals surface area contributed by atoms with Crippen molar-refractivity contribution in [3.63, 3.8) is 0 Å². The predicted molar refractivity (Wildman–Crippen MR) is 99.0 cm³/mol. The first kappa shape index (κ1) is 19.5. The van der Waals surface area contributed by atoms with Crippen LogP contribution < -0.4 is 4.57 Å². The molecule has 0 amide bonds. The van der Waals surface area contributed by atoms with Gasteiger partial charge in [0.25, 0.3) is 6.33 Å².